The number of hydrogen-bond acceptors (Lipinski definition) is 5. The second-order valence-corrected chi connectivity index (χ2v) is 9.03. The molecule has 0 aliphatic carbocycles. The molecule has 0 spiro atoms. The molecule has 3 rings (SSSR count). The number of esters is 1. The van der Waals surface area contributed by atoms with Gasteiger partial charge in [0.2, 0.25) is 0 Å². The first-order chi connectivity index (χ1) is 14.6. The third kappa shape index (κ3) is 6.23. The first-order valence-corrected chi connectivity index (χ1v) is 10.7. The quantitative estimate of drug-likeness (QED) is 0.704. The predicted molar refractivity (Wildman–Crippen MR) is 123 cm³/mol. The van der Waals surface area contributed by atoms with Crippen LogP contribution in [-0.2, 0) is 9.47 Å². The molecule has 1 N–H and O–H groups in total. The summed E-state index contributed by atoms with van der Waals surface area (Å²) in [5, 5.41) is 2.98. The summed E-state index contributed by atoms with van der Waals surface area (Å²) in [7, 11) is 1.39. The fourth-order valence-electron chi connectivity index (χ4n) is 3.81. The second-order valence-electron chi connectivity index (χ2n) is 9.03. The van der Waals surface area contributed by atoms with Crippen molar-refractivity contribution in [2.45, 2.75) is 52.2 Å². The lowest BCUT2D eigenvalue weighted by Crippen LogP contribution is -2.46. The van der Waals surface area contributed by atoms with Crippen LogP contribution in [0.25, 0.3) is 11.1 Å². The molecule has 2 aromatic rings. The number of carbonyl (C=O) groups is 2. The van der Waals surface area contributed by atoms with Gasteiger partial charge in [0, 0.05) is 24.8 Å². The number of methoxy groups -OCH3 is 1. The van der Waals surface area contributed by atoms with Crippen molar-refractivity contribution in [1.82, 2.24) is 5.32 Å². The molecule has 1 heterocycles. The molecule has 6 heteroatoms. The number of nitrogens with one attached hydrogen (secondary N) is 1. The van der Waals surface area contributed by atoms with E-state index in [-0.39, 0.29) is 18.1 Å². The van der Waals surface area contributed by atoms with Crippen LogP contribution in [0.1, 0.15) is 49.5 Å². The van der Waals surface area contributed by atoms with Gasteiger partial charge in [0.15, 0.2) is 0 Å². The topological polar surface area (TPSA) is 67.9 Å². The first-order valence-electron chi connectivity index (χ1n) is 10.7. The molecular weight excluding hydrogens is 392 g/mol. The van der Waals surface area contributed by atoms with Crippen molar-refractivity contribution >= 4 is 17.7 Å². The van der Waals surface area contributed by atoms with E-state index in [1.54, 1.807) is 0 Å². The van der Waals surface area contributed by atoms with Gasteiger partial charge in [-0.2, -0.15) is 0 Å². The van der Waals surface area contributed by atoms with Crippen molar-refractivity contribution in [3.63, 3.8) is 0 Å². The van der Waals surface area contributed by atoms with Gasteiger partial charge >= 0.3 is 12.1 Å². The molecule has 0 saturated carbocycles. The maximum absolute atomic E-state index is 12.0. The first kappa shape index (κ1) is 22.7. The van der Waals surface area contributed by atoms with E-state index in [9.17, 15) is 9.59 Å². The van der Waals surface area contributed by atoms with Crippen molar-refractivity contribution in [2.24, 2.45) is 0 Å². The summed E-state index contributed by atoms with van der Waals surface area (Å²) >= 11 is 0. The minimum Gasteiger partial charge on any atom is -0.465 e. The van der Waals surface area contributed by atoms with Crippen LogP contribution in [0, 0.1) is 6.92 Å². The van der Waals surface area contributed by atoms with E-state index in [2.05, 4.69) is 40.5 Å². The maximum atomic E-state index is 12.0. The fourth-order valence-corrected chi connectivity index (χ4v) is 3.81. The van der Waals surface area contributed by atoms with Crippen LogP contribution in [-0.4, -0.2) is 43.9 Å². The van der Waals surface area contributed by atoms with Gasteiger partial charge in [0.25, 0.3) is 0 Å². The lowest BCUT2D eigenvalue weighted by atomic mass is 9.99. The van der Waals surface area contributed by atoms with Crippen molar-refractivity contribution in [2.75, 3.05) is 25.1 Å². The zero-order valence-corrected chi connectivity index (χ0v) is 19.0. The molecule has 1 saturated heterocycles. The second kappa shape index (κ2) is 9.41. The van der Waals surface area contributed by atoms with E-state index in [4.69, 9.17) is 9.47 Å². The smallest absolute Gasteiger partial charge is 0.407 e. The average molecular weight is 425 g/mol. The van der Waals surface area contributed by atoms with Crippen LogP contribution >= 0.6 is 0 Å². The Balaban J connectivity index is 1.61. The van der Waals surface area contributed by atoms with Gasteiger partial charge in [0.1, 0.15) is 5.60 Å². The molecule has 0 aromatic heterocycles. The molecule has 2 aromatic carbocycles. The lowest BCUT2D eigenvalue weighted by Gasteiger charge is -2.34. The van der Waals surface area contributed by atoms with Crippen LogP contribution in [0.2, 0.25) is 0 Å². The standard InChI is InChI=1S/C25H32N2O4/c1-17-14-19(16-20(15-17)23(28)30-5)18-6-8-22(9-7-18)27-12-10-21(11-13-27)26-24(29)31-25(2,3)4/h6-9,14-16,21H,10-13H2,1-5H3,(H,26,29). The highest BCUT2D eigenvalue weighted by atomic mass is 16.6. The Bertz CT molecular complexity index is 924. The van der Waals surface area contributed by atoms with E-state index in [0.29, 0.717) is 5.56 Å². The number of benzene rings is 2. The number of anilines is 1. The summed E-state index contributed by atoms with van der Waals surface area (Å²) < 4.78 is 10.2. The molecule has 0 unspecified atom stereocenters. The van der Waals surface area contributed by atoms with E-state index < -0.39 is 5.60 Å². The number of alkyl carbamates (subject to hydrolysis) is 1. The van der Waals surface area contributed by atoms with Crippen molar-refractivity contribution < 1.29 is 19.1 Å². The highest BCUT2D eigenvalue weighted by Gasteiger charge is 2.23. The van der Waals surface area contributed by atoms with Crippen molar-refractivity contribution in [3.8, 4) is 11.1 Å². The third-order valence-corrected chi connectivity index (χ3v) is 5.28. The van der Waals surface area contributed by atoms with Crippen LogP contribution < -0.4 is 10.2 Å². The van der Waals surface area contributed by atoms with Gasteiger partial charge in [-0.3, -0.25) is 0 Å². The Labute approximate surface area is 184 Å². The van der Waals surface area contributed by atoms with Crippen LogP contribution in [0.15, 0.2) is 42.5 Å². The van der Waals surface area contributed by atoms with Gasteiger partial charge in [-0.1, -0.05) is 18.2 Å². The SMILES string of the molecule is COC(=O)c1cc(C)cc(-c2ccc(N3CCC(NC(=O)OC(C)(C)C)CC3)cc2)c1. The molecule has 31 heavy (non-hydrogen) atoms. The number of aryl methyl sites for hydroxylation is 1. The number of amides is 1. The summed E-state index contributed by atoms with van der Waals surface area (Å²) in [6.07, 6.45) is 1.41. The molecule has 1 amide bonds. The summed E-state index contributed by atoms with van der Waals surface area (Å²) in [6.45, 7) is 9.32. The van der Waals surface area contributed by atoms with Crippen molar-refractivity contribution in [1.29, 1.82) is 0 Å². The van der Waals surface area contributed by atoms with E-state index in [1.165, 1.54) is 7.11 Å². The summed E-state index contributed by atoms with van der Waals surface area (Å²) in [5.74, 6) is -0.329. The lowest BCUT2D eigenvalue weighted by molar-refractivity contribution is 0.0496. The Hall–Kier alpha value is -3.02. The van der Waals surface area contributed by atoms with Crippen LogP contribution in [0.5, 0.6) is 0 Å². The fraction of sp³-hybridized carbons (Fsp3) is 0.440. The number of nitrogens with zero attached hydrogens (tertiary/aromatic N) is 1. The number of hydrogen-bond donors (Lipinski definition) is 1. The third-order valence-electron chi connectivity index (χ3n) is 5.28. The molecule has 6 nitrogen and oxygen atoms in total. The Morgan fingerprint density at radius 2 is 1.65 bits per heavy atom. The molecule has 166 valence electrons. The van der Waals surface area contributed by atoms with Crippen LogP contribution in [0.4, 0.5) is 10.5 Å². The molecule has 0 bridgehead atoms. The Kier molecular flexibility index (Phi) is 6.88. The number of rotatable bonds is 4. The summed E-state index contributed by atoms with van der Waals surface area (Å²) in [5.41, 5.74) is 4.29. The Morgan fingerprint density at radius 3 is 2.23 bits per heavy atom. The average Bonchev–Trinajstić information content (AvgIpc) is 2.72. The highest BCUT2D eigenvalue weighted by molar-refractivity contribution is 5.91. The molecular formula is C25H32N2O4. The van der Waals surface area contributed by atoms with Crippen LogP contribution in [0.3, 0.4) is 0 Å². The zero-order chi connectivity index (χ0) is 22.6. The predicted octanol–water partition coefficient (Wildman–Crippen LogP) is 4.94. The molecule has 0 atom stereocenters. The molecule has 1 aliphatic rings. The number of piperidine rings is 1. The monoisotopic (exact) mass is 424 g/mol. The normalized spacial score (nSPS) is 14.8. The number of carbonyl (C=O) groups excluding carboxylic acids is 2. The van der Waals surface area contributed by atoms with Gasteiger partial charge in [-0.05, 0) is 81.5 Å². The van der Waals surface area contributed by atoms with Gasteiger partial charge in [0.05, 0.1) is 12.7 Å². The van der Waals surface area contributed by atoms with Gasteiger partial charge < -0.3 is 19.7 Å². The molecule has 1 aliphatic heterocycles. The number of ether oxygens (including phenoxy) is 2. The summed E-state index contributed by atoms with van der Waals surface area (Å²) in [4.78, 5) is 26.2. The summed E-state index contributed by atoms with van der Waals surface area (Å²) in [6, 6.07) is 14.3. The molecule has 1 fully saturated rings. The van der Waals surface area contributed by atoms with E-state index >= 15 is 0 Å². The van der Waals surface area contributed by atoms with E-state index in [1.807, 2.05) is 39.8 Å². The maximum Gasteiger partial charge on any atom is 0.407 e. The largest absolute Gasteiger partial charge is 0.465 e. The van der Waals surface area contributed by atoms with E-state index in [0.717, 1.165) is 48.3 Å². The van der Waals surface area contributed by atoms with Gasteiger partial charge in [-0.15, -0.1) is 0 Å². The minimum absolute atomic E-state index is 0.134. The minimum atomic E-state index is -0.485. The van der Waals surface area contributed by atoms with Crippen molar-refractivity contribution in [3.05, 3.63) is 53.6 Å². The zero-order valence-electron chi connectivity index (χ0n) is 19.0. The molecule has 0 radical (unpaired) electrons. The highest BCUT2D eigenvalue weighted by Crippen LogP contribution is 2.27. The van der Waals surface area contributed by atoms with Gasteiger partial charge in [-0.25, -0.2) is 9.59 Å². The Morgan fingerprint density at radius 1 is 1.00 bits per heavy atom.